The highest BCUT2D eigenvalue weighted by Crippen LogP contribution is 2.17. The zero-order valence-electron chi connectivity index (χ0n) is 11.8. The third-order valence-electron chi connectivity index (χ3n) is 3.11. The highest BCUT2D eigenvalue weighted by molar-refractivity contribution is 6.01. The molecule has 0 aliphatic heterocycles. The Labute approximate surface area is 121 Å². The van der Waals surface area contributed by atoms with Gasteiger partial charge in [-0.05, 0) is 30.7 Å². The van der Waals surface area contributed by atoms with Crippen LogP contribution in [0.2, 0.25) is 0 Å². The first-order chi connectivity index (χ1) is 10.1. The van der Waals surface area contributed by atoms with Gasteiger partial charge in [0.15, 0.2) is 11.5 Å². The molecule has 1 aromatic heterocycles. The van der Waals surface area contributed by atoms with E-state index in [4.69, 9.17) is 4.52 Å². The van der Waals surface area contributed by atoms with E-state index in [-0.39, 0.29) is 23.9 Å². The van der Waals surface area contributed by atoms with Crippen molar-refractivity contribution in [2.45, 2.75) is 19.8 Å². The fourth-order valence-corrected chi connectivity index (χ4v) is 1.99. The molecule has 6 heteroatoms. The Hall–Kier alpha value is -2.50. The molecule has 1 aromatic carbocycles. The largest absolute Gasteiger partial charge is 0.360 e. The lowest BCUT2D eigenvalue weighted by molar-refractivity contribution is 0.0959. The number of amides is 1. The van der Waals surface area contributed by atoms with Crippen LogP contribution < -0.4 is 5.32 Å². The number of nitrogens with one attached hydrogen (secondary N) is 1. The van der Waals surface area contributed by atoms with Crippen molar-refractivity contribution < 1.29 is 18.5 Å². The molecule has 110 valence electrons. The number of hydrogen-bond acceptors (Lipinski definition) is 4. The molecule has 2 rings (SSSR count). The summed E-state index contributed by atoms with van der Waals surface area (Å²) in [6.07, 6.45) is 0.429. The molecule has 21 heavy (non-hydrogen) atoms. The monoisotopic (exact) mass is 290 g/mol. The van der Waals surface area contributed by atoms with Crippen LogP contribution >= 0.6 is 0 Å². The maximum absolute atomic E-state index is 12.8. The molecule has 5 nitrogen and oxygen atoms in total. The zero-order valence-corrected chi connectivity index (χ0v) is 11.8. The number of carbonyl (C=O) groups excluding carboxylic acids is 2. The van der Waals surface area contributed by atoms with E-state index < -0.39 is 5.82 Å². The van der Waals surface area contributed by atoms with Gasteiger partial charge in [0.2, 0.25) is 0 Å². The van der Waals surface area contributed by atoms with Gasteiger partial charge < -0.3 is 9.84 Å². The fraction of sp³-hybridized carbons (Fsp3) is 0.267. The quantitative estimate of drug-likeness (QED) is 0.856. The molecule has 1 heterocycles. The second kappa shape index (κ2) is 6.30. The summed E-state index contributed by atoms with van der Waals surface area (Å²) in [5.41, 5.74) is 1.17. The lowest BCUT2D eigenvalue weighted by Crippen LogP contribution is -2.21. The van der Waals surface area contributed by atoms with E-state index in [9.17, 15) is 14.0 Å². The standard InChI is InChI=1S/C15H15FN2O3/c1-3-11-14(15(20)17-2)13(21-18-11)8-12(19)9-4-6-10(16)7-5-9/h4-7H,3,8H2,1-2H3,(H,17,20). The smallest absolute Gasteiger partial charge is 0.256 e. The minimum atomic E-state index is -0.412. The van der Waals surface area contributed by atoms with Gasteiger partial charge >= 0.3 is 0 Å². The molecule has 0 aliphatic rings. The van der Waals surface area contributed by atoms with Crippen molar-refractivity contribution in [3.8, 4) is 0 Å². The zero-order chi connectivity index (χ0) is 15.4. The number of Topliss-reactive ketones (excluding diaryl/α,β-unsaturated/α-hetero) is 1. The van der Waals surface area contributed by atoms with Gasteiger partial charge in [-0.15, -0.1) is 0 Å². The molecule has 1 amide bonds. The molecule has 0 bridgehead atoms. The van der Waals surface area contributed by atoms with Crippen molar-refractivity contribution in [2.24, 2.45) is 0 Å². The number of nitrogens with zero attached hydrogens (tertiary/aromatic N) is 1. The summed E-state index contributed by atoms with van der Waals surface area (Å²) in [7, 11) is 1.50. The van der Waals surface area contributed by atoms with Gasteiger partial charge in [0.1, 0.15) is 11.4 Å². The molecule has 0 aliphatic carbocycles. The number of rotatable bonds is 5. The van der Waals surface area contributed by atoms with Crippen LogP contribution in [-0.2, 0) is 12.8 Å². The number of carbonyl (C=O) groups is 2. The Morgan fingerprint density at radius 3 is 2.52 bits per heavy atom. The van der Waals surface area contributed by atoms with E-state index in [1.165, 1.54) is 31.3 Å². The molecule has 0 unspecified atom stereocenters. The first-order valence-electron chi connectivity index (χ1n) is 6.55. The summed E-state index contributed by atoms with van der Waals surface area (Å²) in [4.78, 5) is 24.0. The second-order valence-electron chi connectivity index (χ2n) is 4.47. The number of hydrogen-bond donors (Lipinski definition) is 1. The van der Waals surface area contributed by atoms with Crippen molar-refractivity contribution in [1.82, 2.24) is 10.5 Å². The van der Waals surface area contributed by atoms with Crippen LogP contribution in [0.4, 0.5) is 4.39 Å². The van der Waals surface area contributed by atoms with E-state index in [0.29, 0.717) is 23.2 Å². The molecule has 0 saturated carbocycles. The molecule has 2 aromatic rings. The van der Waals surface area contributed by atoms with Crippen molar-refractivity contribution in [1.29, 1.82) is 0 Å². The fourth-order valence-electron chi connectivity index (χ4n) is 1.99. The normalized spacial score (nSPS) is 10.4. The van der Waals surface area contributed by atoms with Crippen molar-refractivity contribution in [3.63, 3.8) is 0 Å². The van der Waals surface area contributed by atoms with Crippen LogP contribution in [0.15, 0.2) is 28.8 Å². The molecular formula is C15H15FN2O3. The lowest BCUT2D eigenvalue weighted by Gasteiger charge is -2.02. The van der Waals surface area contributed by atoms with Crippen LogP contribution in [0.25, 0.3) is 0 Å². The van der Waals surface area contributed by atoms with Crippen LogP contribution in [0, 0.1) is 5.82 Å². The number of aromatic nitrogens is 1. The Bertz CT molecular complexity index is 662. The molecule has 0 fully saturated rings. The topological polar surface area (TPSA) is 72.2 Å². The lowest BCUT2D eigenvalue weighted by atomic mass is 10.0. The third kappa shape index (κ3) is 3.16. The second-order valence-corrected chi connectivity index (χ2v) is 4.47. The van der Waals surface area contributed by atoms with Gasteiger partial charge in [-0.1, -0.05) is 12.1 Å². The van der Waals surface area contributed by atoms with Gasteiger partial charge in [0.25, 0.3) is 5.91 Å². The highest BCUT2D eigenvalue weighted by atomic mass is 19.1. The van der Waals surface area contributed by atoms with Gasteiger partial charge in [-0.3, -0.25) is 9.59 Å². The van der Waals surface area contributed by atoms with E-state index >= 15 is 0 Å². The average Bonchev–Trinajstić information content (AvgIpc) is 2.89. The summed E-state index contributed by atoms with van der Waals surface area (Å²) < 4.78 is 18.0. The van der Waals surface area contributed by atoms with Gasteiger partial charge in [0, 0.05) is 12.6 Å². The molecule has 0 spiro atoms. The highest BCUT2D eigenvalue weighted by Gasteiger charge is 2.23. The third-order valence-corrected chi connectivity index (χ3v) is 3.11. The minimum absolute atomic E-state index is 0.0958. The van der Waals surface area contributed by atoms with Gasteiger partial charge in [-0.25, -0.2) is 4.39 Å². The number of ketones is 1. The van der Waals surface area contributed by atoms with Gasteiger partial charge in [-0.2, -0.15) is 0 Å². The van der Waals surface area contributed by atoms with E-state index in [2.05, 4.69) is 10.5 Å². The summed E-state index contributed by atoms with van der Waals surface area (Å²) >= 11 is 0. The molecule has 0 saturated heterocycles. The summed E-state index contributed by atoms with van der Waals surface area (Å²) in [5.74, 6) is -0.792. The summed E-state index contributed by atoms with van der Waals surface area (Å²) in [6, 6.07) is 5.22. The minimum Gasteiger partial charge on any atom is -0.360 e. The van der Waals surface area contributed by atoms with E-state index in [1.54, 1.807) is 0 Å². The maximum Gasteiger partial charge on any atom is 0.256 e. The first kappa shape index (κ1) is 14.9. The van der Waals surface area contributed by atoms with Crippen molar-refractivity contribution >= 4 is 11.7 Å². The van der Waals surface area contributed by atoms with E-state index in [1.807, 2.05) is 6.92 Å². The van der Waals surface area contributed by atoms with Crippen molar-refractivity contribution in [3.05, 3.63) is 52.7 Å². The van der Waals surface area contributed by atoms with Crippen LogP contribution in [-0.4, -0.2) is 23.9 Å². The van der Waals surface area contributed by atoms with Gasteiger partial charge in [0.05, 0.1) is 12.1 Å². The number of halogens is 1. The Morgan fingerprint density at radius 1 is 1.29 bits per heavy atom. The summed E-state index contributed by atoms with van der Waals surface area (Å²) in [5, 5.41) is 6.32. The summed E-state index contributed by atoms with van der Waals surface area (Å²) in [6.45, 7) is 1.84. The first-order valence-corrected chi connectivity index (χ1v) is 6.55. The predicted molar refractivity (Wildman–Crippen MR) is 73.7 cm³/mol. The molecule has 1 N–H and O–H groups in total. The van der Waals surface area contributed by atoms with Crippen LogP contribution in [0.1, 0.15) is 39.1 Å². The number of benzene rings is 1. The SMILES string of the molecule is CCc1noc(CC(=O)c2ccc(F)cc2)c1C(=O)NC. The molecule has 0 radical (unpaired) electrons. The Balaban J connectivity index is 2.27. The number of aryl methyl sites for hydroxylation is 1. The Kier molecular flexibility index (Phi) is 4.47. The maximum atomic E-state index is 12.8. The van der Waals surface area contributed by atoms with E-state index in [0.717, 1.165) is 0 Å². The molecular weight excluding hydrogens is 275 g/mol. The van der Waals surface area contributed by atoms with Crippen molar-refractivity contribution in [2.75, 3.05) is 7.05 Å². The van der Waals surface area contributed by atoms with Crippen LogP contribution in [0.5, 0.6) is 0 Å². The average molecular weight is 290 g/mol. The molecule has 0 atom stereocenters. The Morgan fingerprint density at radius 2 is 1.95 bits per heavy atom. The van der Waals surface area contributed by atoms with Crippen LogP contribution in [0.3, 0.4) is 0 Å². The predicted octanol–water partition coefficient (Wildman–Crippen LogP) is 2.16.